The van der Waals surface area contributed by atoms with E-state index in [0.717, 1.165) is 55.9 Å². The summed E-state index contributed by atoms with van der Waals surface area (Å²) in [5.74, 6) is -1.95. The molecule has 2 unspecified atom stereocenters. The van der Waals surface area contributed by atoms with Crippen molar-refractivity contribution in [1.29, 1.82) is 0 Å². The van der Waals surface area contributed by atoms with Crippen LogP contribution >= 0.6 is 0 Å². The molecule has 0 saturated heterocycles. The number of imidazole rings is 2. The first-order valence-electron chi connectivity index (χ1n) is 28.1. The number of carbonyl (C=O) groups excluding carboxylic acids is 4. The molecule has 4 amide bonds. The second-order valence-corrected chi connectivity index (χ2v) is 22.7. The molecule has 5 heterocycles. The number of alkyl carbamates (subject to hydrolysis) is 1. The number of pyridine rings is 2. The van der Waals surface area contributed by atoms with Crippen molar-refractivity contribution in [3.05, 3.63) is 209 Å². The molecule has 9 rings (SSSR count). The third-order valence-electron chi connectivity index (χ3n) is 14.6. The molecule has 4 atom stereocenters. The van der Waals surface area contributed by atoms with E-state index in [-0.39, 0.29) is 35.0 Å². The van der Waals surface area contributed by atoms with Gasteiger partial charge in [0.15, 0.2) is 0 Å². The van der Waals surface area contributed by atoms with Gasteiger partial charge in [-0.15, -0.1) is 0 Å². The number of amides is 4. The number of nitrogens with one attached hydrogen (secondary N) is 4. The summed E-state index contributed by atoms with van der Waals surface area (Å²) in [6.07, 6.45) is 11.6. The predicted octanol–water partition coefficient (Wildman–Crippen LogP) is 10.9. The Morgan fingerprint density at radius 1 is 0.518 bits per heavy atom. The van der Waals surface area contributed by atoms with Gasteiger partial charge in [-0.05, 0) is 135 Å². The van der Waals surface area contributed by atoms with Gasteiger partial charge in [-0.3, -0.25) is 28.7 Å². The number of hydrogen-bond donors (Lipinski definition) is 4. The van der Waals surface area contributed by atoms with Crippen molar-refractivity contribution < 1.29 is 23.9 Å². The fourth-order valence-corrected chi connectivity index (χ4v) is 9.78. The molecule has 19 heteroatoms. The summed E-state index contributed by atoms with van der Waals surface area (Å²) in [5.41, 5.74) is 9.80. The minimum absolute atomic E-state index is 0.0167. The monoisotopic (exact) mass is 1150 g/mol. The molecule has 0 fully saturated rings. The SMILES string of the molecule is CC(c1cccc(-c2ccc(=O)n(C(C)C)c2)c1)[C@H](NC(=O)OC(C)(C)C)C(=O)Nc1ccc(-c2cncn2C)cc1.CC(c1cccc(-c2ccc(=O)n(C(C)C)c2)c1)[C@H](NC(=O)c1ccnn1C)C(=O)Nc1ccc(-c2cncn2C)cc1. The topological polar surface area (TPSA) is 223 Å². The van der Waals surface area contributed by atoms with E-state index >= 15 is 0 Å². The van der Waals surface area contributed by atoms with E-state index in [1.54, 1.807) is 92.3 Å². The number of benzene rings is 4. The van der Waals surface area contributed by atoms with Crippen molar-refractivity contribution in [2.24, 2.45) is 21.1 Å². The summed E-state index contributed by atoms with van der Waals surface area (Å²) in [7, 11) is 5.52. The lowest BCUT2D eigenvalue weighted by atomic mass is 9.90. The fourth-order valence-electron chi connectivity index (χ4n) is 9.78. The van der Waals surface area contributed by atoms with Crippen molar-refractivity contribution in [3.8, 4) is 44.8 Å². The van der Waals surface area contributed by atoms with Crippen molar-refractivity contribution in [2.45, 2.75) is 104 Å². The highest BCUT2D eigenvalue weighted by atomic mass is 16.6. The number of nitrogens with zero attached hydrogens (tertiary/aromatic N) is 8. The third kappa shape index (κ3) is 15.2. The van der Waals surface area contributed by atoms with Gasteiger partial charge in [0.05, 0.1) is 36.4 Å². The van der Waals surface area contributed by atoms with Crippen LogP contribution in [-0.4, -0.2) is 79.5 Å². The molecular weight excluding hydrogens is 1070 g/mol. The molecule has 4 aromatic carbocycles. The quantitative estimate of drug-likeness (QED) is 0.0675. The van der Waals surface area contributed by atoms with Crippen LogP contribution in [0.2, 0.25) is 0 Å². The lowest BCUT2D eigenvalue weighted by Gasteiger charge is -2.27. The molecule has 9 aromatic rings. The fraction of sp³-hybridized carbons (Fsp3) is 0.288. The molecule has 440 valence electrons. The van der Waals surface area contributed by atoms with Crippen LogP contribution in [-0.2, 0) is 35.5 Å². The molecule has 5 aromatic heterocycles. The predicted molar refractivity (Wildman–Crippen MR) is 332 cm³/mol. The summed E-state index contributed by atoms with van der Waals surface area (Å²) in [5, 5.41) is 15.8. The van der Waals surface area contributed by atoms with Gasteiger partial charge in [0.25, 0.3) is 17.0 Å². The summed E-state index contributed by atoms with van der Waals surface area (Å²) in [6.45, 7) is 17.0. The molecule has 0 aliphatic rings. The Kier molecular flexibility index (Phi) is 19.1. The van der Waals surface area contributed by atoms with Crippen molar-refractivity contribution >= 4 is 35.2 Å². The Morgan fingerprint density at radius 2 is 0.941 bits per heavy atom. The zero-order valence-electron chi connectivity index (χ0n) is 50.1. The maximum atomic E-state index is 13.8. The van der Waals surface area contributed by atoms with Crippen LogP contribution in [0.15, 0.2) is 181 Å². The number of ether oxygens (including phenoxy) is 1. The number of aryl methyl sites for hydroxylation is 3. The molecular formula is C66H74N12O7. The number of anilines is 2. The zero-order valence-corrected chi connectivity index (χ0v) is 50.1. The molecule has 0 radical (unpaired) electrons. The van der Waals surface area contributed by atoms with E-state index in [1.165, 1.54) is 10.9 Å². The van der Waals surface area contributed by atoms with Crippen LogP contribution in [0.5, 0.6) is 0 Å². The molecule has 0 aliphatic heterocycles. The van der Waals surface area contributed by atoms with Gasteiger partial charge in [-0.2, -0.15) is 5.10 Å². The standard InChI is InChI=1S/C33H35N7O3.C33H39N5O4/c1-21(2)40-19-26(11-14-30(40)41)25-8-6-7-24(17-25)22(3)31(37-32(42)28-15-16-35-39(28)5)33(43)36-27-12-9-23(10-13-27)29-18-34-20-38(29)4;1-21(2)38-19-26(13-16-29(38)39)25-10-8-9-24(17-25)22(3)30(36-32(41)42-33(4,5)6)31(40)35-27-14-11-23(12-15-27)28-18-34-20-37(28)7/h6-22,31H,1-5H3,(H,36,43)(H,37,42);8-22,30H,1-7H3,(H,35,40)(H,36,41)/t22?,31-;22?,30-/m00/s1. The van der Waals surface area contributed by atoms with Crippen LogP contribution in [0.3, 0.4) is 0 Å². The second kappa shape index (κ2) is 26.6. The number of aromatic nitrogens is 8. The molecule has 4 N–H and O–H groups in total. The first-order chi connectivity index (χ1) is 40.4. The molecule has 0 saturated carbocycles. The van der Waals surface area contributed by atoms with Crippen LogP contribution in [0.4, 0.5) is 16.2 Å². The number of rotatable bonds is 17. The lowest BCUT2D eigenvalue weighted by Crippen LogP contribution is -2.48. The van der Waals surface area contributed by atoms with Gasteiger partial charge >= 0.3 is 6.09 Å². The highest BCUT2D eigenvalue weighted by Crippen LogP contribution is 2.30. The Labute approximate surface area is 494 Å². The van der Waals surface area contributed by atoms with Crippen molar-refractivity contribution in [1.82, 2.24) is 48.7 Å². The number of carbonyl (C=O) groups is 4. The zero-order chi connectivity index (χ0) is 61.3. The van der Waals surface area contributed by atoms with Crippen LogP contribution in [0, 0.1) is 0 Å². The van der Waals surface area contributed by atoms with Gasteiger partial charge in [0.1, 0.15) is 23.4 Å². The Bertz CT molecular complexity index is 3940. The first-order valence-corrected chi connectivity index (χ1v) is 28.1. The molecule has 0 aliphatic carbocycles. The summed E-state index contributed by atoms with van der Waals surface area (Å²) in [6, 6.07) is 37.1. The van der Waals surface area contributed by atoms with Crippen LogP contribution < -0.4 is 32.4 Å². The van der Waals surface area contributed by atoms with Crippen LogP contribution in [0.1, 0.15) is 108 Å². The van der Waals surface area contributed by atoms with Crippen molar-refractivity contribution in [2.75, 3.05) is 10.6 Å². The minimum atomic E-state index is -0.934. The molecule has 85 heavy (non-hydrogen) atoms. The van der Waals surface area contributed by atoms with Gasteiger partial charge in [0, 0.05) is 87.2 Å². The summed E-state index contributed by atoms with van der Waals surface area (Å²) in [4.78, 5) is 86.5. The van der Waals surface area contributed by atoms with E-state index in [1.807, 2.05) is 174 Å². The van der Waals surface area contributed by atoms with Gasteiger partial charge in [-0.1, -0.05) is 86.6 Å². The van der Waals surface area contributed by atoms with E-state index in [4.69, 9.17) is 4.74 Å². The Balaban J connectivity index is 0.000000221. The number of hydrogen-bond acceptors (Lipinski definition) is 10. The maximum Gasteiger partial charge on any atom is 0.408 e. The average Bonchev–Trinajstić information content (AvgIpc) is 4.44. The first kappa shape index (κ1) is 61.2. The van der Waals surface area contributed by atoms with Gasteiger partial charge < -0.3 is 44.3 Å². The Morgan fingerprint density at radius 3 is 1.32 bits per heavy atom. The van der Waals surface area contributed by atoms with E-state index < -0.39 is 41.5 Å². The smallest absolute Gasteiger partial charge is 0.408 e. The van der Waals surface area contributed by atoms with E-state index in [9.17, 15) is 28.8 Å². The minimum Gasteiger partial charge on any atom is -0.444 e. The highest BCUT2D eigenvalue weighted by Gasteiger charge is 2.32. The molecule has 0 bridgehead atoms. The normalized spacial score (nSPS) is 12.8. The third-order valence-corrected chi connectivity index (χ3v) is 14.6. The lowest BCUT2D eigenvalue weighted by molar-refractivity contribution is -0.119. The highest BCUT2D eigenvalue weighted by molar-refractivity contribution is 6.01. The summed E-state index contributed by atoms with van der Waals surface area (Å²) < 4.78 is 14.2. The Hall–Kier alpha value is -9.91. The van der Waals surface area contributed by atoms with Gasteiger partial charge in [-0.25, -0.2) is 14.8 Å². The maximum absolute atomic E-state index is 13.8. The second-order valence-electron chi connectivity index (χ2n) is 22.7. The molecule has 19 nitrogen and oxygen atoms in total. The van der Waals surface area contributed by atoms with E-state index in [0.29, 0.717) is 17.1 Å². The molecule has 0 spiro atoms. The average molecular weight is 1150 g/mol. The van der Waals surface area contributed by atoms with Gasteiger partial charge in [0.2, 0.25) is 11.8 Å². The summed E-state index contributed by atoms with van der Waals surface area (Å²) >= 11 is 0. The largest absolute Gasteiger partial charge is 0.444 e. The van der Waals surface area contributed by atoms with Crippen LogP contribution in [0.25, 0.3) is 44.8 Å². The van der Waals surface area contributed by atoms with E-state index in [2.05, 4.69) is 36.3 Å². The van der Waals surface area contributed by atoms with Crippen molar-refractivity contribution in [3.63, 3.8) is 0 Å².